The number of carbonyl (C=O) groups excluding carboxylic acids is 1. The van der Waals surface area contributed by atoms with Crippen molar-refractivity contribution in [2.24, 2.45) is 0 Å². The molecule has 1 N–H and O–H groups in total. The summed E-state index contributed by atoms with van der Waals surface area (Å²) < 4.78 is 5.52. The molecule has 0 saturated carbocycles. The van der Waals surface area contributed by atoms with Crippen molar-refractivity contribution in [1.29, 1.82) is 0 Å². The molecule has 5 heteroatoms. The van der Waals surface area contributed by atoms with E-state index >= 15 is 0 Å². The second-order valence-corrected chi connectivity index (χ2v) is 5.63. The molecule has 0 atom stereocenters. The van der Waals surface area contributed by atoms with Crippen molar-refractivity contribution >= 4 is 5.91 Å². The van der Waals surface area contributed by atoms with E-state index in [2.05, 4.69) is 15.3 Å². The van der Waals surface area contributed by atoms with Crippen molar-refractivity contribution in [1.82, 2.24) is 15.3 Å². The highest BCUT2D eigenvalue weighted by molar-refractivity contribution is 5.77. The fourth-order valence-electron chi connectivity index (χ4n) is 2.45. The highest BCUT2D eigenvalue weighted by Gasteiger charge is 2.08. The maximum Gasteiger partial charge on any atom is 0.258 e. The molecule has 2 heterocycles. The van der Waals surface area contributed by atoms with Crippen LogP contribution in [0.3, 0.4) is 0 Å². The van der Waals surface area contributed by atoms with Gasteiger partial charge in [-0.15, -0.1) is 0 Å². The van der Waals surface area contributed by atoms with Crippen LogP contribution in [-0.4, -0.2) is 22.5 Å². The lowest BCUT2D eigenvalue weighted by atomic mass is 10.1. The van der Waals surface area contributed by atoms with Crippen LogP contribution in [0.4, 0.5) is 0 Å². The number of rotatable bonds is 6. The standard InChI is InChI=1S/C20H19N3O2/c1-15-4-2-6-18(12-15)25-14-19(24)23-13-17-5-3-9-22-20(17)16-7-10-21-11-8-16/h2-12H,13-14H2,1H3,(H,23,24). The van der Waals surface area contributed by atoms with Gasteiger partial charge >= 0.3 is 0 Å². The zero-order valence-electron chi connectivity index (χ0n) is 14.0. The average Bonchev–Trinajstić information content (AvgIpc) is 2.66. The Bertz CT molecular complexity index is 850. The second kappa shape index (κ2) is 8.06. The van der Waals surface area contributed by atoms with E-state index < -0.39 is 0 Å². The number of ether oxygens (including phenoxy) is 1. The van der Waals surface area contributed by atoms with Gasteiger partial charge in [-0.3, -0.25) is 14.8 Å². The van der Waals surface area contributed by atoms with Crippen molar-refractivity contribution in [3.8, 4) is 17.0 Å². The molecule has 5 nitrogen and oxygen atoms in total. The number of benzene rings is 1. The van der Waals surface area contributed by atoms with E-state index in [1.54, 1.807) is 18.6 Å². The van der Waals surface area contributed by atoms with Gasteiger partial charge in [0.05, 0.1) is 5.69 Å². The Balaban J connectivity index is 1.59. The van der Waals surface area contributed by atoms with E-state index in [1.165, 1.54) is 0 Å². The number of aryl methyl sites for hydroxylation is 1. The molecule has 1 aromatic carbocycles. The number of nitrogens with one attached hydrogen (secondary N) is 1. The van der Waals surface area contributed by atoms with Crippen molar-refractivity contribution in [2.45, 2.75) is 13.5 Å². The maximum absolute atomic E-state index is 12.1. The van der Waals surface area contributed by atoms with Crippen LogP contribution >= 0.6 is 0 Å². The van der Waals surface area contributed by atoms with E-state index in [1.807, 2.05) is 55.5 Å². The number of carbonyl (C=O) groups is 1. The molecule has 0 radical (unpaired) electrons. The fourth-order valence-corrected chi connectivity index (χ4v) is 2.45. The first-order valence-electron chi connectivity index (χ1n) is 8.03. The summed E-state index contributed by atoms with van der Waals surface area (Å²) in [5, 5.41) is 2.87. The minimum Gasteiger partial charge on any atom is -0.484 e. The van der Waals surface area contributed by atoms with Crippen LogP contribution in [0.1, 0.15) is 11.1 Å². The number of nitrogens with zero attached hydrogens (tertiary/aromatic N) is 2. The smallest absolute Gasteiger partial charge is 0.258 e. The summed E-state index contributed by atoms with van der Waals surface area (Å²) in [6.07, 6.45) is 5.19. The summed E-state index contributed by atoms with van der Waals surface area (Å²) in [5.41, 5.74) is 3.84. The number of amides is 1. The third kappa shape index (κ3) is 4.64. The minimum atomic E-state index is -0.175. The lowest BCUT2D eigenvalue weighted by molar-refractivity contribution is -0.123. The molecule has 0 saturated heterocycles. The SMILES string of the molecule is Cc1cccc(OCC(=O)NCc2cccnc2-c2ccncc2)c1. The zero-order valence-corrected chi connectivity index (χ0v) is 14.0. The van der Waals surface area contributed by atoms with Crippen molar-refractivity contribution in [3.63, 3.8) is 0 Å². The van der Waals surface area contributed by atoms with Gasteiger partial charge in [0.2, 0.25) is 0 Å². The third-order valence-corrected chi connectivity index (χ3v) is 3.68. The predicted octanol–water partition coefficient (Wildman–Crippen LogP) is 3.15. The lowest BCUT2D eigenvalue weighted by Crippen LogP contribution is -2.28. The summed E-state index contributed by atoms with van der Waals surface area (Å²) in [5.74, 6) is 0.514. The van der Waals surface area contributed by atoms with Gasteiger partial charge in [-0.05, 0) is 48.4 Å². The second-order valence-electron chi connectivity index (χ2n) is 5.63. The molecule has 0 aliphatic heterocycles. The first kappa shape index (κ1) is 16.6. The van der Waals surface area contributed by atoms with E-state index in [9.17, 15) is 4.79 Å². The van der Waals surface area contributed by atoms with Crippen LogP contribution < -0.4 is 10.1 Å². The highest BCUT2D eigenvalue weighted by Crippen LogP contribution is 2.20. The monoisotopic (exact) mass is 333 g/mol. The number of aromatic nitrogens is 2. The van der Waals surface area contributed by atoms with Crippen LogP contribution in [0.5, 0.6) is 5.75 Å². The van der Waals surface area contributed by atoms with Gasteiger partial charge in [0.1, 0.15) is 5.75 Å². The first-order chi connectivity index (χ1) is 12.2. The normalized spacial score (nSPS) is 10.3. The molecule has 2 aromatic heterocycles. The highest BCUT2D eigenvalue weighted by atomic mass is 16.5. The Kier molecular flexibility index (Phi) is 5.36. The fraction of sp³-hybridized carbons (Fsp3) is 0.150. The molecule has 0 spiro atoms. The molecule has 3 aromatic rings. The van der Waals surface area contributed by atoms with Crippen LogP contribution in [0.25, 0.3) is 11.3 Å². The van der Waals surface area contributed by atoms with Gasteiger partial charge in [0, 0.05) is 30.7 Å². The van der Waals surface area contributed by atoms with Crippen molar-refractivity contribution in [2.75, 3.05) is 6.61 Å². The first-order valence-corrected chi connectivity index (χ1v) is 8.03. The minimum absolute atomic E-state index is 0.0195. The summed E-state index contributed by atoms with van der Waals surface area (Å²) in [6.45, 7) is 2.35. The average molecular weight is 333 g/mol. The van der Waals surface area contributed by atoms with Gasteiger partial charge in [-0.1, -0.05) is 18.2 Å². The van der Waals surface area contributed by atoms with E-state index in [-0.39, 0.29) is 12.5 Å². The van der Waals surface area contributed by atoms with Gasteiger partial charge in [-0.2, -0.15) is 0 Å². The molecule has 0 aliphatic carbocycles. The Morgan fingerprint density at radius 3 is 2.72 bits per heavy atom. The zero-order chi connectivity index (χ0) is 17.5. The molecule has 25 heavy (non-hydrogen) atoms. The summed E-state index contributed by atoms with van der Waals surface area (Å²) >= 11 is 0. The van der Waals surface area contributed by atoms with Gasteiger partial charge in [0.25, 0.3) is 5.91 Å². The van der Waals surface area contributed by atoms with E-state index in [0.717, 1.165) is 22.4 Å². The summed E-state index contributed by atoms with van der Waals surface area (Å²) in [7, 11) is 0. The van der Waals surface area contributed by atoms with Crippen LogP contribution in [0.15, 0.2) is 67.1 Å². The predicted molar refractivity (Wildman–Crippen MR) is 96.0 cm³/mol. The van der Waals surface area contributed by atoms with Gasteiger partial charge < -0.3 is 10.1 Å². The third-order valence-electron chi connectivity index (χ3n) is 3.68. The van der Waals surface area contributed by atoms with Crippen LogP contribution in [0, 0.1) is 6.92 Å². The topological polar surface area (TPSA) is 64.1 Å². The van der Waals surface area contributed by atoms with E-state index in [0.29, 0.717) is 12.3 Å². The lowest BCUT2D eigenvalue weighted by Gasteiger charge is -2.11. The molecule has 0 aliphatic rings. The largest absolute Gasteiger partial charge is 0.484 e. The Hall–Kier alpha value is -3.21. The number of hydrogen-bond donors (Lipinski definition) is 1. The molecule has 126 valence electrons. The Morgan fingerprint density at radius 2 is 1.92 bits per heavy atom. The molecule has 0 fully saturated rings. The van der Waals surface area contributed by atoms with E-state index in [4.69, 9.17) is 4.74 Å². The molecule has 3 rings (SSSR count). The van der Waals surface area contributed by atoms with Crippen molar-refractivity contribution in [3.05, 3.63) is 78.2 Å². The number of pyridine rings is 2. The van der Waals surface area contributed by atoms with Crippen LogP contribution in [0.2, 0.25) is 0 Å². The van der Waals surface area contributed by atoms with Gasteiger partial charge in [-0.25, -0.2) is 0 Å². The quantitative estimate of drug-likeness (QED) is 0.753. The summed E-state index contributed by atoms with van der Waals surface area (Å²) in [6, 6.07) is 15.2. The maximum atomic E-state index is 12.1. The molecular weight excluding hydrogens is 314 g/mol. The number of hydrogen-bond acceptors (Lipinski definition) is 4. The molecule has 0 bridgehead atoms. The molecule has 0 unspecified atom stereocenters. The van der Waals surface area contributed by atoms with Gasteiger partial charge in [0.15, 0.2) is 6.61 Å². The Labute approximate surface area is 146 Å². The van der Waals surface area contributed by atoms with Crippen molar-refractivity contribution < 1.29 is 9.53 Å². The molecule has 1 amide bonds. The Morgan fingerprint density at radius 1 is 1.08 bits per heavy atom. The molecular formula is C20H19N3O2. The summed E-state index contributed by atoms with van der Waals surface area (Å²) in [4.78, 5) is 20.5. The van der Waals surface area contributed by atoms with Crippen LogP contribution in [-0.2, 0) is 11.3 Å².